The van der Waals surface area contributed by atoms with Crippen LogP contribution in [-0.4, -0.2) is 73.3 Å². The van der Waals surface area contributed by atoms with E-state index in [1.165, 1.54) is 61.3 Å². The Labute approximate surface area is 161 Å². The van der Waals surface area contributed by atoms with Crippen LogP contribution in [0.5, 0.6) is 0 Å². The molecule has 0 aromatic carbocycles. The first-order valence-corrected chi connectivity index (χ1v) is 9.91. The lowest BCUT2D eigenvalue weighted by atomic mass is 10.3. The molecule has 0 saturated heterocycles. The average molecular weight is 375 g/mol. The second-order valence-corrected chi connectivity index (χ2v) is 6.18. The van der Waals surface area contributed by atoms with E-state index >= 15 is 0 Å². The number of nitrogens with zero attached hydrogens (tertiary/aromatic N) is 2. The molecule has 6 heteroatoms. The van der Waals surface area contributed by atoms with Gasteiger partial charge in [0.1, 0.15) is 0 Å². The second kappa shape index (κ2) is 17.0. The van der Waals surface area contributed by atoms with Crippen LogP contribution in [0.2, 0.25) is 0 Å². The van der Waals surface area contributed by atoms with E-state index in [1.807, 2.05) is 0 Å². The smallest absolute Gasteiger partial charge is 0.0757 e. The van der Waals surface area contributed by atoms with Crippen LogP contribution < -0.4 is 10.2 Å². The van der Waals surface area contributed by atoms with E-state index in [-0.39, 0.29) is 0 Å². The lowest BCUT2D eigenvalue weighted by Crippen LogP contribution is -2.47. The Kier molecular flexibility index (Phi) is 19.2. The number of carboxylic acids is 2. The minimum absolute atomic E-state index is 0.384. The van der Waals surface area contributed by atoms with Gasteiger partial charge in [0.15, 0.2) is 0 Å². The van der Waals surface area contributed by atoms with Gasteiger partial charge in [-0.2, -0.15) is 0 Å². The summed E-state index contributed by atoms with van der Waals surface area (Å²) in [5, 5.41) is 18.8. The van der Waals surface area contributed by atoms with E-state index in [4.69, 9.17) is 0 Å². The Hall–Kier alpha value is -1.40. The van der Waals surface area contributed by atoms with Crippen molar-refractivity contribution in [2.45, 2.75) is 55.4 Å². The van der Waals surface area contributed by atoms with Crippen molar-refractivity contribution >= 4 is 11.9 Å². The van der Waals surface area contributed by atoms with Gasteiger partial charge in [0.25, 0.3) is 0 Å². The SMILES string of the molecule is CC[N+](CC)(CC)CC.CC[N+](CC)(CC)CC.O=C([O-])C=CC(=O)[O-]. The van der Waals surface area contributed by atoms with Crippen molar-refractivity contribution in [2.24, 2.45) is 0 Å². The highest BCUT2D eigenvalue weighted by Gasteiger charge is 2.16. The molecule has 0 unspecified atom stereocenters. The number of carboxylic acid groups (broad SMARTS) is 2. The Morgan fingerprint density at radius 3 is 0.731 bits per heavy atom. The third kappa shape index (κ3) is 13.8. The molecule has 0 spiro atoms. The molecular weight excluding hydrogens is 332 g/mol. The number of carbonyl (C=O) groups is 2. The standard InChI is InChI=1S/2C8H20N.C4H4O4/c2*1-5-9(6-2,7-3)8-4;5-3(6)1-2-4(7)8/h2*5-8H2,1-4H3;1-2H,(H,5,6)(H,7,8)/q2*+1;/p-2. The van der Waals surface area contributed by atoms with Crippen LogP contribution in [0.3, 0.4) is 0 Å². The fraction of sp³-hybridized carbons (Fsp3) is 0.800. The molecule has 0 N–H and O–H groups in total. The third-order valence-electron chi connectivity index (χ3n) is 5.72. The number of rotatable bonds is 10. The van der Waals surface area contributed by atoms with E-state index in [2.05, 4.69) is 55.4 Å². The maximum Gasteiger partial charge on any atom is 0.0757 e. The summed E-state index contributed by atoms with van der Waals surface area (Å²) in [6.07, 6.45) is 0.769. The minimum atomic E-state index is -1.55. The Morgan fingerprint density at radius 2 is 0.692 bits per heavy atom. The lowest BCUT2D eigenvalue weighted by Gasteiger charge is -2.34. The van der Waals surface area contributed by atoms with Crippen molar-refractivity contribution in [3.63, 3.8) is 0 Å². The number of carbonyl (C=O) groups excluding carboxylic acids is 2. The number of hydrogen-bond donors (Lipinski definition) is 0. The Bertz CT molecular complexity index is 316. The zero-order valence-electron chi connectivity index (χ0n) is 18.3. The van der Waals surface area contributed by atoms with Crippen LogP contribution >= 0.6 is 0 Å². The summed E-state index contributed by atoms with van der Waals surface area (Å²) in [5.41, 5.74) is 0. The summed E-state index contributed by atoms with van der Waals surface area (Å²) >= 11 is 0. The molecular formula is C20H42N2O4. The molecule has 0 rings (SSSR count). The topological polar surface area (TPSA) is 80.3 Å². The number of quaternary nitrogens is 2. The van der Waals surface area contributed by atoms with Crippen LogP contribution in [-0.2, 0) is 9.59 Å². The van der Waals surface area contributed by atoms with Crippen LogP contribution in [0.25, 0.3) is 0 Å². The van der Waals surface area contributed by atoms with E-state index in [1.54, 1.807) is 0 Å². The maximum atomic E-state index is 9.41. The molecule has 6 nitrogen and oxygen atoms in total. The molecule has 0 aliphatic rings. The number of aliphatic carboxylic acids is 2. The summed E-state index contributed by atoms with van der Waals surface area (Å²) in [4.78, 5) is 18.8. The minimum Gasteiger partial charge on any atom is -0.545 e. The van der Waals surface area contributed by atoms with Crippen LogP contribution in [0, 0.1) is 0 Å². The van der Waals surface area contributed by atoms with Gasteiger partial charge >= 0.3 is 0 Å². The normalized spacial score (nSPS) is 11.2. The number of hydrogen-bond acceptors (Lipinski definition) is 4. The summed E-state index contributed by atoms with van der Waals surface area (Å²) in [6, 6.07) is 0. The van der Waals surface area contributed by atoms with Crippen molar-refractivity contribution in [3.8, 4) is 0 Å². The van der Waals surface area contributed by atoms with Crippen molar-refractivity contribution in [3.05, 3.63) is 12.2 Å². The van der Waals surface area contributed by atoms with Crippen LogP contribution in [0.15, 0.2) is 12.2 Å². The van der Waals surface area contributed by atoms with Gasteiger partial charge in [-0.15, -0.1) is 0 Å². The second-order valence-electron chi connectivity index (χ2n) is 6.18. The Balaban J connectivity index is -0.000000306. The van der Waals surface area contributed by atoms with Gasteiger partial charge in [-0.3, -0.25) is 0 Å². The quantitative estimate of drug-likeness (QED) is 0.419. The van der Waals surface area contributed by atoms with E-state index < -0.39 is 11.9 Å². The molecule has 0 fully saturated rings. The first-order valence-electron chi connectivity index (χ1n) is 9.91. The molecule has 26 heavy (non-hydrogen) atoms. The first kappa shape index (κ1) is 29.4. The monoisotopic (exact) mass is 374 g/mol. The van der Waals surface area contributed by atoms with E-state index in [0.717, 1.165) is 0 Å². The van der Waals surface area contributed by atoms with E-state index in [0.29, 0.717) is 12.2 Å². The first-order chi connectivity index (χ1) is 12.1. The van der Waals surface area contributed by atoms with Gasteiger partial charge in [0, 0.05) is 0 Å². The largest absolute Gasteiger partial charge is 0.545 e. The summed E-state index contributed by atoms with van der Waals surface area (Å²) < 4.78 is 2.56. The lowest BCUT2D eigenvalue weighted by molar-refractivity contribution is -0.921. The summed E-state index contributed by atoms with van der Waals surface area (Å²) in [5.74, 6) is -3.09. The molecule has 0 atom stereocenters. The third-order valence-corrected chi connectivity index (χ3v) is 5.72. The van der Waals surface area contributed by atoms with Crippen molar-refractivity contribution < 1.29 is 28.8 Å². The highest BCUT2D eigenvalue weighted by molar-refractivity contribution is 5.87. The molecule has 0 radical (unpaired) electrons. The zero-order valence-corrected chi connectivity index (χ0v) is 18.3. The van der Waals surface area contributed by atoms with Gasteiger partial charge in [0.05, 0.1) is 64.3 Å². The molecule has 0 saturated carbocycles. The highest BCUT2D eigenvalue weighted by atomic mass is 16.4. The fourth-order valence-corrected chi connectivity index (χ4v) is 2.82. The zero-order chi connectivity index (χ0) is 21.2. The van der Waals surface area contributed by atoms with Gasteiger partial charge in [0.2, 0.25) is 0 Å². The molecule has 0 amide bonds. The van der Waals surface area contributed by atoms with Crippen LogP contribution in [0.1, 0.15) is 55.4 Å². The maximum absolute atomic E-state index is 9.41. The van der Waals surface area contributed by atoms with Gasteiger partial charge in [-0.05, 0) is 67.5 Å². The van der Waals surface area contributed by atoms with E-state index in [9.17, 15) is 19.8 Å². The van der Waals surface area contributed by atoms with Gasteiger partial charge < -0.3 is 28.8 Å². The molecule has 0 aliphatic heterocycles. The predicted octanol–water partition coefficient (Wildman–Crippen LogP) is 0.808. The molecule has 0 aliphatic carbocycles. The molecule has 0 heterocycles. The molecule has 156 valence electrons. The van der Waals surface area contributed by atoms with Crippen molar-refractivity contribution in [1.82, 2.24) is 0 Å². The van der Waals surface area contributed by atoms with Gasteiger partial charge in [-0.25, -0.2) is 0 Å². The summed E-state index contributed by atoms with van der Waals surface area (Å²) in [7, 11) is 0. The predicted molar refractivity (Wildman–Crippen MR) is 104 cm³/mol. The van der Waals surface area contributed by atoms with Crippen LogP contribution in [0.4, 0.5) is 0 Å². The highest BCUT2D eigenvalue weighted by Crippen LogP contribution is 2.03. The Morgan fingerprint density at radius 1 is 0.538 bits per heavy atom. The van der Waals surface area contributed by atoms with Crippen molar-refractivity contribution in [1.29, 1.82) is 0 Å². The molecule has 0 aromatic heterocycles. The average Bonchev–Trinajstić information content (AvgIpc) is 2.66. The fourth-order valence-electron chi connectivity index (χ4n) is 2.82. The molecule has 0 aromatic rings. The summed E-state index contributed by atoms with van der Waals surface area (Å²) in [6.45, 7) is 28.4. The van der Waals surface area contributed by atoms with Crippen molar-refractivity contribution in [2.75, 3.05) is 52.4 Å². The molecule has 0 bridgehead atoms. The van der Waals surface area contributed by atoms with Gasteiger partial charge in [-0.1, -0.05) is 0 Å².